The minimum Gasteiger partial charge on any atom is -0.381 e. The van der Waals surface area contributed by atoms with Crippen molar-refractivity contribution < 1.29 is 9.47 Å². The van der Waals surface area contributed by atoms with Gasteiger partial charge < -0.3 is 9.47 Å². The van der Waals surface area contributed by atoms with E-state index in [1.54, 1.807) is 0 Å². The fourth-order valence-electron chi connectivity index (χ4n) is 4.43. The molecule has 0 spiro atoms. The molecule has 104 valence electrons. The Kier molecular flexibility index (Phi) is 3.18. The van der Waals surface area contributed by atoms with Crippen LogP contribution in [0.1, 0.15) is 26.3 Å². The predicted molar refractivity (Wildman–Crippen MR) is 76.2 cm³/mol. The zero-order valence-electron chi connectivity index (χ0n) is 12.2. The largest absolute Gasteiger partial charge is 0.381 e. The molecule has 0 aromatic heterocycles. The number of hydrogen-bond donors (Lipinski definition) is 0. The van der Waals surface area contributed by atoms with Crippen molar-refractivity contribution >= 4 is 0 Å². The lowest BCUT2D eigenvalue weighted by atomic mass is 9.89. The van der Waals surface area contributed by atoms with E-state index in [2.05, 4.69) is 51.1 Å². The van der Waals surface area contributed by atoms with Crippen molar-refractivity contribution in [1.29, 1.82) is 0 Å². The summed E-state index contributed by atoms with van der Waals surface area (Å²) < 4.78 is 11.4. The highest BCUT2D eigenvalue weighted by molar-refractivity contribution is 5.56. The van der Waals surface area contributed by atoms with Gasteiger partial charge in [-0.1, -0.05) is 37.3 Å². The molecule has 2 heteroatoms. The van der Waals surface area contributed by atoms with Crippen LogP contribution < -0.4 is 0 Å². The molecule has 0 radical (unpaired) electrons. The Bertz CT molecular complexity index is 424. The molecule has 0 saturated heterocycles. The van der Waals surface area contributed by atoms with Crippen LogP contribution in [0, 0.1) is 17.3 Å². The first-order chi connectivity index (χ1) is 9.24. The highest BCUT2D eigenvalue weighted by Gasteiger charge is 2.94. The van der Waals surface area contributed by atoms with Gasteiger partial charge in [-0.15, -0.1) is 0 Å². The van der Waals surface area contributed by atoms with Crippen molar-refractivity contribution in [3.8, 4) is 0 Å². The van der Waals surface area contributed by atoms with Crippen LogP contribution in [-0.2, 0) is 14.9 Å². The van der Waals surface area contributed by atoms with Gasteiger partial charge >= 0.3 is 0 Å². The first kappa shape index (κ1) is 13.1. The number of ether oxygens (including phenoxy) is 2. The van der Waals surface area contributed by atoms with Gasteiger partial charge in [-0.3, -0.25) is 0 Å². The van der Waals surface area contributed by atoms with E-state index in [0.29, 0.717) is 22.7 Å². The molecule has 2 aliphatic carbocycles. The van der Waals surface area contributed by atoms with E-state index >= 15 is 0 Å². The SMILES string of the molecule is CCOCC1C2(C)C(COCC)C12c1ccccc1. The fourth-order valence-corrected chi connectivity index (χ4v) is 4.43. The summed E-state index contributed by atoms with van der Waals surface area (Å²) in [6, 6.07) is 10.9. The van der Waals surface area contributed by atoms with Crippen LogP contribution in [0.3, 0.4) is 0 Å². The van der Waals surface area contributed by atoms with Gasteiger partial charge in [-0.05, 0) is 36.7 Å². The van der Waals surface area contributed by atoms with Crippen molar-refractivity contribution in [2.45, 2.75) is 26.2 Å². The Morgan fingerprint density at radius 3 is 1.95 bits per heavy atom. The Labute approximate surface area is 116 Å². The van der Waals surface area contributed by atoms with Crippen molar-refractivity contribution in [2.24, 2.45) is 17.3 Å². The summed E-state index contributed by atoms with van der Waals surface area (Å²) in [7, 11) is 0. The summed E-state index contributed by atoms with van der Waals surface area (Å²) in [4.78, 5) is 0. The predicted octanol–water partition coefficient (Wildman–Crippen LogP) is 3.26. The lowest BCUT2D eigenvalue weighted by molar-refractivity contribution is 0.0698. The van der Waals surface area contributed by atoms with E-state index < -0.39 is 0 Å². The van der Waals surface area contributed by atoms with E-state index in [9.17, 15) is 0 Å². The lowest BCUT2D eigenvalue weighted by Gasteiger charge is -2.21. The summed E-state index contributed by atoms with van der Waals surface area (Å²) in [5.41, 5.74) is 2.21. The van der Waals surface area contributed by atoms with Crippen LogP contribution in [0.5, 0.6) is 0 Å². The molecule has 2 unspecified atom stereocenters. The van der Waals surface area contributed by atoms with Crippen molar-refractivity contribution in [3.05, 3.63) is 35.9 Å². The van der Waals surface area contributed by atoms with Gasteiger partial charge in [-0.2, -0.15) is 0 Å². The lowest BCUT2D eigenvalue weighted by Crippen LogP contribution is -2.23. The molecule has 0 heterocycles. The Morgan fingerprint density at radius 1 is 0.947 bits per heavy atom. The molecule has 1 aromatic carbocycles. The molecule has 1 aromatic rings. The second-order valence-corrected chi connectivity index (χ2v) is 5.94. The minimum atomic E-state index is 0.332. The summed E-state index contributed by atoms with van der Waals surface area (Å²) in [6.07, 6.45) is 0. The molecule has 0 N–H and O–H groups in total. The van der Waals surface area contributed by atoms with E-state index in [-0.39, 0.29) is 0 Å². The molecule has 3 rings (SSSR count). The summed E-state index contributed by atoms with van der Waals surface area (Å²) in [6.45, 7) is 9.97. The van der Waals surface area contributed by atoms with Crippen LogP contribution in [0.2, 0.25) is 0 Å². The van der Waals surface area contributed by atoms with Crippen LogP contribution in [0.25, 0.3) is 0 Å². The van der Waals surface area contributed by atoms with Gasteiger partial charge in [0.05, 0.1) is 13.2 Å². The molecule has 0 aliphatic heterocycles. The van der Waals surface area contributed by atoms with Crippen LogP contribution >= 0.6 is 0 Å². The third-order valence-electron chi connectivity index (χ3n) is 5.50. The average molecular weight is 260 g/mol. The van der Waals surface area contributed by atoms with E-state index in [4.69, 9.17) is 9.47 Å². The highest BCUT2D eigenvalue weighted by atomic mass is 16.5. The van der Waals surface area contributed by atoms with Gasteiger partial charge in [0.2, 0.25) is 0 Å². The third kappa shape index (κ3) is 1.56. The average Bonchev–Trinajstić information content (AvgIpc) is 3.21. The van der Waals surface area contributed by atoms with E-state index in [0.717, 1.165) is 26.4 Å². The molecule has 2 aliphatic rings. The molecule has 2 nitrogen and oxygen atoms in total. The number of fused-ring (bicyclic) bond motifs is 1. The highest BCUT2D eigenvalue weighted by Crippen LogP contribution is 2.92. The second kappa shape index (κ2) is 4.60. The number of rotatable bonds is 7. The Balaban J connectivity index is 1.79. The molecular formula is C17H24O2. The van der Waals surface area contributed by atoms with Crippen molar-refractivity contribution in [2.75, 3.05) is 26.4 Å². The zero-order chi connectivity index (χ0) is 13.5. The molecule has 2 atom stereocenters. The smallest absolute Gasteiger partial charge is 0.0508 e. The maximum Gasteiger partial charge on any atom is 0.0508 e. The molecule has 2 fully saturated rings. The minimum absolute atomic E-state index is 0.332. The topological polar surface area (TPSA) is 18.5 Å². The number of hydrogen-bond acceptors (Lipinski definition) is 2. The molecule has 2 saturated carbocycles. The summed E-state index contributed by atoms with van der Waals surface area (Å²) in [5, 5.41) is 0. The maximum atomic E-state index is 5.68. The summed E-state index contributed by atoms with van der Waals surface area (Å²) in [5.74, 6) is 1.35. The van der Waals surface area contributed by atoms with Crippen molar-refractivity contribution in [1.82, 2.24) is 0 Å². The van der Waals surface area contributed by atoms with Gasteiger partial charge in [0, 0.05) is 18.6 Å². The maximum absolute atomic E-state index is 5.68. The van der Waals surface area contributed by atoms with Gasteiger partial charge in [0.1, 0.15) is 0 Å². The normalized spacial score (nSPS) is 38.9. The van der Waals surface area contributed by atoms with Gasteiger partial charge in [0.25, 0.3) is 0 Å². The second-order valence-electron chi connectivity index (χ2n) is 5.94. The van der Waals surface area contributed by atoms with Crippen molar-refractivity contribution in [3.63, 3.8) is 0 Å². The first-order valence-electron chi connectivity index (χ1n) is 7.45. The van der Waals surface area contributed by atoms with Crippen LogP contribution in [0.4, 0.5) is 0 Å². The molecule has 0 amide bonds. The fraction of sp³-hybridized carbons (Fsp3) is 0.647. The summed E-state index contributed by atoms with van der Waals surface area (Å²) >= 11 is 0. The van der Waals surface area contributed by atoms with Crippen LogP contribution in [0.15, 0.2) is 30.3 Å². The van der Waals surface area contributed by atoms with Crippen LogP contribution in [-0.4, -0.2) is 26.4 Å². The molecule has 0 bridgehead atoms. The monoisotopic (exact) mass is 260 g/mol. The zero-order valence-corrected chi connectivity index (χ0v) is 12.2. The first-order valence-corrected chi connectivity index (χ1v) is 7.45. The van der Waals surface area contributed by atoms with E-state index in [1.165, 1.54) is 5.56 Å². The van der Waals surface area contributed by atoms with Gasteiger partial charge in [-0.25, -0.2) is 0 Å². The quantitative estimate of drug-likeness (QED) is 0.749. The molecular weight excluding hydrogens is 236 g/mol. The number of benzene rings is 1. The Morgan fingerprint density at radius 2 is 1.47 bits per heavy atom. The van der Waals surface area contributed by atoms with Gasteiger partial charge in [0.15, 0.2) is 0 Å². The van der Waals surface area contributed by atoms with E-state index in [1.807, 2.05) is 0 Å². The third-order valence-corrected chi connectivity index (χ3v) is 5.50. The molecule has 19 heavy (non-hydrogen) atoms. The standard InChI is InChI=1S/C17H24O2/c1-4-18-11-14-16(3)15(12-19-5-2)17(14,16)13-9-7-6-8-10-13/h6-10,14-15H,4-5,11-12H2,1-3H3. The Hall–Kier alpha value is -0.860.